The lowest BCUT2D eigenvalue weighted by molar-refractivity contribution is -0.113. The third-order valence-corrected chi connectivity index (χ3v) is 2.34. The largest absolute Gasteiger partial charge is 0.293 e. The summed E-state index contributed by atoms with van der Waals surface area (Å²) in [6.07, 6.45) is 1.98. The number of carbonyl (C=O) groups is 1. The van der Waals surface area contributed by atoms with E-state index in [2.05, 4.69) is 33.4 Å². The minimum absolute atomic E-state index is 0.0333. The Bertz CT molecular complexity index is 275. The van der Waals surface area contributed by atoms with Crippen LogP contribution < -0.4 is 0 Å². The molecular formula is C12H19ClO. The quantitative estimate of drug-likeness (QED) is 0.511. The van der Waals surface area contributed by atoms with Crippen molar-refractivity contribution in [3.8, 4) is 0 Å². The van der Waals surface area contributed by atoms with Gasteiger partial charge in [-0.25, -0.2) is 0 Å². The van der Waals surface area contributed by atoms with Crippen LogP contribution in [0.25, 0.3) is 0 Å². The van der Waals surface area contributed by atoms with Crippen LogP contribution in [-0.2, 0) is 4.79 Å². The maximum absolute atomic E-state index is 11.0. The molecular weight excluding hydrogens is 196 g/mol. The van der Waals surface area contributed by atoms with E-state index in [4.69, 9.17) is 11.6 Å². The predicted molar refractivity (Wildman–Crippen MR) is 61.4 cm³/mol. The van der Waals surface area contributed by atoms with Crippen molar-refractivity contribution in [1.29, 1.82) is 0 Å². The van der Waals surface area contributed by atoms with Crippen LogP contribution in [0.4, 0.5) is 0 Å². The van der Waals surface area contributed by atoms with Crippen molar-refractivity contribution in [1.82, 2.24) is 0 Å². The van der Waals surface area contributed by atoms with E-state index in [1.165, 1.54) is 6.92 Å². The van der Waals surface area contributed by atoms with Gasteiger partial charge in [0.1, 0.15) is 5.03 Å². The summed E-state index contributed by atoms with van der Waals surface area (Å²) in [5.41, 5.74) is 4.15. The van der Waals surface area contributed by atoms with Gasteiger partial charge in [0.05, 0.1) is 0 Å². The summed E-state index contributed by atoms with van der Waals surface area (Å²) in [5.74, 6) is -0.121. The molecule has 0 N–H and O–H groups in total. The molecule has 0 fully saturated rings. The molecule has 0 spiro atoms. The number of carbonyl (C=O) groups excluding carboxylic acids is 1. The van der Waals surface area contributed by atoms with E-state index < -0.39 is 0 Å². The Morgan fingerprint density at radius 2 is 1.86 bits per heavy atom. The number of hydrogen-bond donors (Lipinski definition) is 0. The highest BCUT2D eigenvalue weighted by atomic mass is 35.5. The van der Waals surface area contributed by atoms with Crippen LogP contribution in [0.2, 0.25) is 0 Å². The second kappa shape index (κ2) is 5.38. The summed E-state index contributed by atoms with van der Waals surface area (Å²) in [7, 11) is 0. The number of hydrogen-bond acceptors (Lipinski definition) is 1. The first-order valence-corrected chi connectivity index (χ1v) is 5.33. The molecule has 1 nitrogen and oxygen atoms in total. The molecule has 0 saturated carbocycles. The van der Waals surface area contributed by atoms with E-state index in [1.807, 2.05) is 0 Å². The molecule has 0 unspecified atom stereocenters. The Hall–Kier alpha value is -0.520. The smallest absolute Gasteiger partial charge is 0.178 e. The zero-order valence-electron chi connectivity index (χ0n) is 9.70. The summed E-state index contributed by atoms with van der Waals surface area (Å²) in [6, 6.07) is 0. The maximum Gasteiger partial charge on any atom is 0.178 e. The van der Waals surface area contributed by atoms with Crippen molar-refractivity contribution in [3.05, 3.63) is 16.3 Å². The molecule has 14 heavy (non-hydrogen) atoms. The van der Waals surface area contributed by atoms with Crippen LogP contribution in [0.5, 0.6) is 0 Å². The minimum atomic E-state index is -0.121. The number of rotatable bonds is 3. The Labute approximate surface area is 91.8 Å². The van der Waals surface area contributed by atoms with E-state index in [1.54, 1.807) is 0 Å². The van der Waals surface area contributed by atoms with E-state index in [0.29, 0.717) is 0 Å². The van der Waals surface area contributed by atoms with Gasteiger partial charge in [0, 0.05) is 6.92 Å². The highest BCUT2D eigenvalue weighted by Crippen LogP contribution is 2.28. The Kier molecular flexibility index (Phi) is 5.18. The third-order valence-electron chi connectivity index (χ3n) is 1.98. The van der Waals surface area contributed by atoms with Crippen molar-refractivity contribution in [2.24, 2.45) is 5.41 Å². The van der Waals surface area contributed by atoms with E-state index in [-0.39, 0.29) is 16.2 Å². The van der Waals surface area contributed by atoms with Gasteiger partial charge >= 0.3 is 0 Å². The van der Waals surface area contributed by atoms with Gasteiger partial charge in [-0.3, -0.25) is 4.79 Å². The van der Waals surface area contributed by atoms with E-state index in [0.717, 1.165) is 18.4 Å². The summed E-state index contributed by atoms with van der Waals surface area (Å²) in [4.78, 5) is 11.0. The van der Waals surface area contributed by atoms with Crippen LogP contribution in [0, 0.1) is 5.41 Å². The van der Waals surface area contributed by atoms with Crippen molar-refractivity contribution >= 4 is 17.4 Å². The summed E-state index contributed by atoms with van der Waals surface area (Å²) in [6.45, 7) is 9.89. The lowest BCUT2D eigenvalue weighted by Crippen LogP contribution is -2.08. The van der Waals surface area contributed by atoms with Crippen LogP contribution in [0.3, 0.4) is 0 Å². The number of Topliss-reactive ketones (excluding diaryl/α,β-unsaturated/α-hetero) is 1. The molecule has 0 bridgehead atoms. The molecule has 80 valence electrons. The molecule has 0 saturated heterocycles. The van der Waals surface area contributed by atoms with Crippen LogP contribution >= 0.6 is 11.6 Å². The zero-order valence-corrected chi connectivity index (χ0v) is 10.5. The first-order chi connectivity index (χ1) is 6.29. The molecule has 0 aromatic carbocycles. The number of allylic oxidation sites excluding steroid dienone is 1. The molecule has 0 aromatic heterocycles. The summed E-state index contributed by atoms with van der Waals surface area (Å²) in [5, 5.41) is 0.211. The van der Waals surface area contributed by atoms with Gasteiger partial charge in [0.15, 0.2) is 5.78 Å². The first-order valence-electron chi connectivity index (χ1n) is 4.95. The zero-order chi connectivity index (χ0) is 11.4. The molecule has 0 radical (unpaired) electrons. The van der Waals surface area contributed by atoms with Crippen molar-refractivity contribution in [2.45, 2.75) is 47.5 Å². The average Bonchev–Trinajstić information content (AvgIpc) is 2.01. The Balaban J connectivity index is 5.20. The normalized spacial score (nSPS) is 10.7. The Morgan fingerprint density at radius 1 is 1.36 bits per heavy atom. The molecule has 0 rings (SSSR count). The van der Waals surface area contributed by atoms with Gasteiger partial charge < -0.3 is 0 Å². The first kappa shape index (κ1) is 13.5. The minimum Gasteiger partial charge on any atom is -0.293 e. The summed E-state index contributed by atoms with van der Waals surface area (Å²) < 4.78 is 0. The highest BCUT2D eigenvalue weighted by Gasteiger charge is 2.16. The fourth-order valence-corrected chi connectivity index (χ4v) is 1.21. The van der Waals surface area contributed by atoms with Gasteiger partial charge in [-0.15, -0.1) is 0 Å². The SMILES string of the molecule is CCCC(=C=C(Cl)C(C)=O)C(C)(C)C. The van der Waals surface area contributed by atoms with E-state index in [9.17, 15) is 4.79 Å². The van der Waals surface area contributed by atoms with Crippen molar-refractivity contribution < 1.29 is 4.79 Å². The van der Waals surface area contributed by atoms with Crippen LogP contribution in [0.1, 0.15) is 47.5 Å². The third kappa shape index (κ3) is 4.64. The maximum atomic E-state index is 11.0. The lowest BCUT2D eigenvalue weighted by atomic mass is 9.84. The van der Waals surface area contributed by atoms with Gasteiger partial charge in [-0.1, -0.05) is 51.4 Å². The molecule has 0 aliphatic carbocycles. The Morgan fingerprint density at radius 3 is 2.14 bits per heavy atom. The molecule has 0 aliphatic heterocycles. The molecule has 0 aliphatic rings. The molecule has 0 heterocycles. The van der Waals surface area contributed by atoms with Gasteiger partial charge in [0.25, 0.3) is 0 Å². The molecule has 0 atom stereocenters. The average molecular weight is 215 g/mol. The van der Waals surface area contributed by atoms with Gasteiger partial charge in [-0.05, 0) is 17.4 Å². The van der Waals surface area contributed by atoms with Gasteiger partial charge in [0.2, 0.25) is 0 Å². The summed E-state index contributed by atoms with van der Waals surface area (Å²) >= 11 is 5.79. The van der Waals surface area contributed by atoms with Crippen LogP contribution in [-0.4, -0.2) is 5.78 Å². The number of halogens is 1. The fourth-order valence-electron chi connectivity index (χ4n) is 1.10. The second-order valence-corrected chi connectivity index (χ2v) is 4.85. The fraction of sp³-hybridized carbons (Fsp3) is 0.667. The monoisotopic (exact) mass is 214 g/mol. The lowest BCUT2D eigenvalue weighted by Gasteiger charge is -2.20. The van der Waals surface area contributed by atoms with Crippen molar-refractivity contribution in [3.63, 3.8) is 0 Å². The van der Waals surface area contributed by atoms with Crippen LogP contribution in [0.15, 0.2) is 16.3 Å². The molecule has 2 heteroatoms. The topological polar surface area (TPSA) is 17.1 Å². The van der Waals surface area contributed by atoms with Gasteiger partial charge in [-0.2, -0.15) is 0 Å². The highest BCUT2D eigenvalue weighted by molar-refractivity contribution is 6.42. The standard InChI is InChI=1S/C12H19ClO/c1-6-7-10(12(3,4)5)8-11(13)9(2)14/h6-7H2,1-5H3. The molecule has 0 amide bonds. The molecule has 0 aromatic rings. The second-order valence-electron chi connectivity index (χ2n) is 4.47. The van der Waals surface area contributed by atoms with Crippen molar-refractivity contribution in [2.75, 3.05) is 0 Å². The predicted octanol–water partition coefficient (Wildman–Crippen LogP) is 4.07. The van der Waals surface area contributed by atoms with E-state index >= 15 is 0 Å². The number of ketones is 1.